The maximum atomic E-state index is 11.7. The van der Waals surface area contributed by atoms with Crippen LogP contribution < -0.4 is 10.6 Å². The van der Waals surface area contributed by atoms with E-state index in [0.29, 0.717) is 11.7 Å². The molecule has 1 fully saturated rings. The molecule has 6 heteroatoms. The van der Waals surface area contributed by atoms with Crippen molar-refractivity contribution in [3.63, 3.8) is 0 Å². The Kier molecular flexibility index (Phi) is 6.26. The number of amides is 2. The minimum atomic E-state index is -0.157. The third-order valence-corrected chi connectivity index (χ3v) is 4.35. The quantitative estimate of drug-likeness (QED) is 0.822. The van der Waals surface area contributed by atoms with Crippen LogP contribution in [-0.2, 0) is 0 Å². The van der Waals surface area contributed by atoms with Crippen LogP contribution in [0.1, 0.15) is 37.8 Å². The van der Waals surface area contributed by atoms with E-state index in [4.69, 9.17) is 0 Å². The Morgan fingerprint density at radius 2 is 2.10 bits per heavy atom. The van der Waals surface area contributed by atoms with Gasteiger partial charge >= 0.3 is 6.03 Å². The smallest absolute Gasteiger partial charge is 0.321 e. The van der Waals surface area contributed by atoms with Gasteiger partial charge in [0.25, 0.3) is 0 Å². The number of thiazole rings is 1. The Hall–Kier alpha value is -1.14. The molecule has 2 heterocycles. The normalized spacial score (nSPS) is 16.6. The van der Waals surface area contributed by atoms with Crippen molar-refractivity contribution in [2.24, 2.45) is 0 Å². The average Bonchev–Trinajstić information content (AvgIpc) is 2.67. The fourth-order valence-electron chi connectivity index (χ4n) is 2.42. The summed E-state index contributed by atoms with van der Waals surface area (Å²) in [7, 11) is 0. The van der Waals surface area contributed by atoms with Crippen molar-refractivity contribution in [3.05, 3.63) is 11.1 Å². The van der Waals surface area contributed by atoms with Crippen molar-refractivity contribution in [2.45, 2.75) is 39.0 Å². The van der Waals surface area contributed by atoms with Crippen LogP contribution >= 0.6 is 11.3 Å². The van der Waals surface area contributed by atoms with Crippen LogP contribution in [0, 0.1) is 6.92 Å². The zero-order chi connectivity index (χ0) is 14.2. The predicted octanol–water partition coefficient (Wildman–Crippen LogP) is 2.84. The van der Waals surface area contributed by atoms with Crippen molar-refractivity contribution in [3.8, 4) is 0 Å². The minimum Gasteiger partial charge on any atom is -0.338 e. The first-order valence-corrected chi connectivity index (χ1v) is 8.31. The van der Waals surface area contributed by atoms with E-state index < -0.39 is 0 Å². The maximum Gasteiger partial charge on any atom is 0.321 e. The lowest BCUT2D eigenvalue weighted by Gasteiger charge is -2.19. The van der Waals surface area contributed by atoms with Gasteiger partial charge in [0.15, 0.2) is 5.13 Å². The summed E-state index contributed by atoms with van der Waals surface area (Å²) in [5.41, 5.74) is 0.937. The molecule has 2 amide bonds. The summed E-state index contributed by atoms with van der Waals surface area (Å²) >= 11 is 1.45. The Bertz CT molecular complexity index is 413. The first-order chi connectivity index (χ1) is 9.74. The molecule has 1 saturated heterocycles. The number of aromatic nitrogens is 1. The highest BCUT2D eigenvalue weighted by molar-refractivity contribution is 7.13. The van der Waals surface area contributed by atoms with Gasteiger partial charge in [-0.3, -0.25) is 5.32 Å². The van der Waals surface area contributed by atoms with Crippen LogP contribution in [0.15, 0.2) is 5.38 Å². The van der Waals surface area contributed by atoms with Crippen LogP contribution in [-0.4, -0.2) is 42.1 Å². The Labute approximate surface area is 124 Å². The monoisotopic (exact) mass is 296 g/mol. The van der Waals surface area contributed by atoms with Gasteiger partial charge in [-0.05, 0) is 45.8 Å². The zero-order valence-electron chi connectivity index (χ0n) is 12.2. The predicted molar refractivity (Wildman–Crippen MR) is 83.4 cm³/mol. The number of nitrogens with zero attached hydrogens (tertiary/aromatic N) is 2. The van der Waals surface area contributed by atoms with Crippen LogP contribution in [0.3, 0.4) is 0 Å². The van der Waals surface area contributed by atoms with E-state index in [1.807, 2.05) is 12.3 Å². The molecule has 1 aliphatic heterocycles. The second-order valence-corrected chi connectivity index (χ2v) is 6.14. The van der Waals surface area contributed by atoms with Crippen molar-refractivity contribution in [2.75, 3.05) is 31.5 Å². The molecule has 2 rings (SSSR count). The van der Waals surface area contributed by atoms with Gasteiger partial charge in [0, 0.05) is 11.9 Å². The molecular weight excluding hydrogens is 272 g/mol. The third kappa shape index (κ3) is 5.46. The third-order valence-electron chi connectivity index (χ3n) is 3.47. The molecule has 1 aromatic heterocycles. The van der Waals surface area contributed by atoms with Crippen molar-refractivity contribution >= 4 is 22.5 Å². The Morgan fingerprint density at radius 1 is 1.35 bits per heavy atom. The van der Waals surface area contributed by atoms with Crippen molar-refractivity contribution < 1.29 is 4.79 Å². The number of anilines is 1. The van der Waals surface area contributed by atoms with Gasteiger partial charge < -0.3 is 10.2 Å². The molecular formula is C14H24N4OS. The fourth-order valence-corrected chi connectivity index (χ4v) is 3.10. The first-order valence-electron chi connectivity index (χ1n) is 7.43. The van der Waals surface area contributed by atoms with Crippen LogP contribution in [0.4, 0.5) is 9.93 Å². The molecule has 112 valence electrons. The zero-order valence-corrected chi connectivity index (χ0v) is 13.0. The lowest BCUT2D eigenvalue weighted by molar-refractivity contribution is 0.249. The van der Waals surface area contributed by atoms with Gasteiger partial charge in [0.2, 0.25) is 0 Å². The SMILES string of the molecule is Cc1csc(NC(=O)NCCCN2CCCCCC2)n1. The summed E-state index contributed by atoms with van der Waals surface area (Å²) in [6.07, 6.45) is 6.37. The standard InChI is InChI=1S/C14H24N4OS/c1-12-11-20-14(16-12)17-13(19)15-7-6-10-18-8-4-2-3-5-9-18/h11H,2-10H2,1H3,(H2,15,16,17,19). The van der Waals surface area contributed by atoms with E-state index >= 15 is 0 Å². The van der Waals surface area contributed by atoms with Crippen molar-refractivity contribution in [1.29, 1.82) is 0 Å². The average molecular weight is 296 g/mol. The number of hydrogen-bond acceptors (Lipinski definition) is 4. The van der Waals surface area contributed by atoms with E-state index in [2.05, 4.69) is 20.5 Å². The van der Waals surface area contributed by atoms with Crippen molar-refractivity contribution in [1.82, 2.24) is 15.2 Å². The highest BCUT2D eigenvalue weighted by Gasteiger charge is 2.09. The Morgan fingerprint density at radius 3 is 2.75 bits per heavy atom. The summed E-state index contributed by atoms with van der Waals surface area (Å²) < 4.78 is 0. The fraction of sp³-hybridized carbons (Fsp3) is 0.714. The van der Waals surface area contributed by atoms with E-state index in [-0.39, 0.29) is 6.03 Å². The molecule has 0 aliphatic carbocycles. The molecule has 0 bridgehead atoms. The number of hydrogen-bond donors (Lipinski definition) is 2. The second-order valence-electron chi connectivity index (χ2n) is 5.28. The number of likely N-dealkylation sites (tertiary alicyclic amines) is 1. The Balaban J connectivity index is 1.57. The lowest BCUT2D eigenvalue weighted by atomic mass is 10.2. The molecule has 0 atom stereocenters. The van der Waals surface area contributed by atoms with Crippen LogP contribution in [0.25, 0.3) is 0 Å². The molecule has 0 spiro atoms. The van der Waals surface area contributed by atoms with Gasteiger partial charge in [-0.2, -0.15) is 0 Å². The largest absolute Gasteiger partial charge is 0.338 e. The number of nitrogens with one attached hydrogen (secondary N) is 2. The van der Waals surface area contributed by atoms with Gasteiger partial charge in [-0.1, -0.05) is 12.8 Å². The number of carbonyl (C=O) groups excluding carboxylic acids is 1. The van der Waals surface area contributed by atoms with E-state index in [1.54, 1.807) is 0 Å². The van der Waals surface area contributed by atoms with Gasteiger partial charge in [-0.25, -0.2) is 9.78 Å². The number of urea groups is 1. The first kappa shape index (κ1) is 15.3. The number of rotatable bonds is 5. The molecule has 1 aromatic rings. The second kappa shape index (κ2) is 8.21. The highest BCUT2D eigenvalue weighted by atomic mass is 32.1. The highest BCUT2D eigenvalue weighted by Crippen LogP contribution is 2.13. The molecule has 0 saturated carbocycles. The summed E-state index contributed by atoms with van der Waals surface area (Å²) in [4.78, 5) is 18.4. The molecule has 0 radical (unpaired) electrons. The van der Waals surface area contributed by atoms with E-state index in [1.165, 1.54) is 50.1 Å². The summed E-state index contributed by atoms with van der Waals surface area (Å²) in [6, 6.07) is -0.157. The molecule has 1 aliphatic rings. The van der Waals surface area contributed by atoms with E-state index in [9.17, 15) is 4.79 Å². The molecule has 5 nitrogen and oxygen atoms in total. The van der Waals surface area contributed by atoms with Gasteiger partial charge in [0.05, 0.1) is 5.69 Å². The van der Waals surface area contributed by atoms with Crippen LogP contribution in [0.5, 0.6) is 0 Å². The molecule has 0 unspecified atom stereocenters. The summed E-state index contributed by atoms with van der Waals surface area (Å²) in [5, 5.41) is 8.23. The summed E-state index contributed by atoms with van der Waals surface area (Å²) in [5.74, 6) is 0. The lowest BCUT2D eigenvalue weighted by Crippen LogP contribution is -2.32. The van der Waals surface area contributed by atoms with Gasteiger partial charge in [0.1, 0.15) is 0 Å². The van der Waals surface area contributed by atoms with Gasteiger partial charge in [-0.15, -0.1) is 11.3 Å². The molecule has 20 heavy (non-hydrogen) atoms. The minimum absolute atomic E-state index is 0.157. The molecule has 0 aromatic carbocycles. The topological polar surface area (TPSA) is 57.3 Å². The molecule has 2 N–H and O–H groups in total. The summed E-state index contributed by atoms with van der Waals surface area (Å²) in [6.45, 7) is 6.14. The van der Waals surface area contributed by atoms with Crippen LogP contribution in [0.2, 0.25) is 0 Å². The maximum absolute atomic E-state index is 11.7. The van der Waals surface area contributed by atoms with E-state index in [0.717, 1.165) is 18.7 Å². The number of carbonyl (C=O) groups is 1. The number of aryl methyl sites for hydroxylation is 1.